The molecule has 0 amide bonds. The SMILES string of the molecule is Cc1ccc(Cn2c(C(=O)[O-])cc3cc(-c4ccc(OC(F)(F)F)cc4)ccc32)cc1. The number of halogens is 3. The maximum atomic E-state index is 12.3. The fourth-order valence-electron chi connectivity index (χ4n) is 3.52. The minimum Gasteiger partial charge on any atom is -0.543 e. The summed E-state index contributed by atoms with van der Waals surface area (Å²) in [4.78, 5) is 11.7. The maximum absolute atomic E-state index is 12.3. The van der Waals surface area contributed by atoms with Gasteiger partial charge in [0.1, 0.15) is 5.75 Å². The van der Waals surface area contributed by atoms with Crippen molar-refractivity contribution in [2.45, 2.75) is 19.8 Å². The molecule has 1 aromatic heterocycles. The second kappa shape index (κ2) is 7.83. The number of fused-ring (bicyclic) bond motifs is 1. The highest BCUT2D eigenvalue weighted by atomic mass is 19.4. The van der Waals surface area contributed by atoms with Gasteiger partial charge in [-0.1, -0.05) is 48.0 Å². The van der Waals surface area contributed by atoms with Gasteiger partial charge < -0.3 is 19.2 Å². The summed E-state index contributed by atoms with van der Waals surface area (Å²) in [5, 5.41) is 12.4. The van der Waals surface area contributed by atoms with E-state index in [0.717, 1.165) is 22.2 Å². The lowest BCUT2D eigenvalue weighted by molar-refractivity contribution is -0.274. The zero-order valence-corrected chi connectivity index (χ0v) is 16.4. The first kappa shape index (κ1) is 20.5. The molecule has 0 bridgehead atoms. The van der Waals surface area contributed by atoms with Crippen molar-refractivity contribution in [3.63, 3.8) is 0 Å². The van der Waals surface area contributed by atoms with Crippen LogP contribution in [0.2, 0.25) is 0 Å². The lowest BCUT2D eigenvalue weighted by atomic mass is 10.0. The molecule has 0 radical (unpaired) electrons. The van der Waals surface area contributed by atoms with Gasteiger partial charge in [0.25, 0.3) is 0 Å². The van der Waals surface area contributed by atoms with Gasteiger partial charge in [-0.25, -0.2) is 0 Å². The van der Waals surface area contributed by atoms with Crippen molar-refractivity contribution < 1.29 is 27.8 Å². The smallest absolute Gasteiger partial charge is 0.543 e. The third kappa shape index (κ3) is 4.55. The average molecular weight is 424 g/mol. The first-order chi connectivity index (χ1) is 14.7. The van der Waals surface area contributed by atoms with Crippen LogP contribution in [0.15, 0.2) is 72.8 Å². The monoisotopic (exact) mass is 424 g/mol. The van der Waals surface area contributed by atoms with Crippen molar-refractivity contribution in [2.24, 2.45) is 0 Å². The Morgan fingerprint density at radius 1 is 0.935 bits per heavy atom. The van der Waals surface area contributed by atoms with E-state index in [9.17, 15) is 23.1 Å². The number of nitrogens with zero attached hydrogens (tertiary/aromatic N) is 1. The van der Waals surface area contributed by atoms with Gasteiger partial charge in [0.05, 0.1) is 11.7 Å². The van der Waals surface area contributed by atoms with Crippen LogP contribution >= 0.6 is 0 Å². The number of rotatable bonds is 5. The molecule has 4 nitrogen and oxygen atoms in total. The van der Waals surface area contributed by atoms with Gasteiger partial charge in [0.2, 0.25) is 0 Å². The summed E-state index contributed by atoms with van der Waals surface area (Å²) in [5.41, 5.74) is 4.26. The molecule has 0 spiro atoms. The lowest BCUT2D eigenvalue weighted by Crippen LogP contribution is -2.25. The molecule has 7 heteroatoms. The number of hydrogen-bond donors (Lipinski definition) is 0. The van der Waals surface area contributed by atoms with Crippen LogP contribution in [0.4, 0.5) is 13.2 Å². The van der Waals surface area contributed by atoms with E-state index >= 15 is 0 Å². The third-order valence-corrected chi connectivity index (χ3v) is 4.99. The number of aromatic carboxylic acids is 1. The van der Waals surface area contributed by atoms with Crippen LogP contribution in [0.25, 0.3) is 22.0 Å². The fourth-order valence-corrected chi connectivity index (χ4v) is 3.52. The van der Waals surface area contributed by atoms with Gasteiger partial charge in [-0.15, -0.1) is 13.2 Å². The van der Waals surface area contributed by atoms with Gasteiger partial charge in [-0.3, -0.25) is 0 Å². The van der Waals surface area contributed by atoms with Crippen molar-refractivity contribution in [1.29, 1.82) is 0 Å². The highest BCUT2D eigenvalue weighted by Gasteiger charge is 2.30. The van der Waals surface area contributed by atoms with Crippen molar-refractivity contribution >= 4 is 16.9 Å². The van der Waals surface area contributed by atoms with Gasteiger partial charge >= 0.3 is 6.36 Å². The number of ether oxygens (including phenoxy) is 1. The number of alkyl halides is 3. The lowest BCUT2D eigenvalue weighted by Gasteiger charge is -2.12. The normalized spacial score (nSPS) is 11.6. The van der Waals surface area contributed by atoms with E-state index in [0.29, 0.717) is 17.5 Å². The molecule has 3 aromatic carbocycles. The molecule has 4 rings (SSSR count). The van der Waals surface area contributed by atoms with E-state index in [4.69, 9.17) is 0 Å². The van der Waals surface area contributed by atoms with Crippen molar-refractivity contribution in [3.05, 3.63) is 89.6 Å². The van der Waals surface area contributed by atoms with Gasteiger partial charge in [0.15, 0.2) is 0 Å². The molecule has 0 atom stereocenters. The van der Waals surface area contributed by atoms with E-state index in [-0.39, 0.29) is 11.4 Å². The van der Waals surface area contributed by atoms with E-state index in [1.54, 1.807) is 28.8 Å². The number of carboxylic acids is 1. The Morgan fingerprint density at radius 3 is 2.19 bits per heavy atom. The van der Waals surface area contributed by atoms with Crippen LogP contribution in [-0.4, -0.2) is 16.9 Å². The minimum atomic E-state index is -4.75. The topological polar surface area (TPSA) is 54.3 Å². The van der Waals surface area contributed by atoms with Crippen molar-refractivity contribution in [3.8, 4) is 16.9 Å². The molecule has 0 saturated carbocycles. The Hall–Kier alpha value is -3.74. The van der Waals surface area contributed by atoms with Crippen LogP contribution in [0.5, 0.6) is 5.75 Å². The molecular formula is C24H17F3NO3-. The van der Waals surface area contributed by atoms with E-state index in [1.165, 1.54) is 24.3 Å². The van der Waals surface area contributed by atoms with Gasteiger partial charge in [0, 0.05) is 17.4 Å². The number of aryl methyl sites for hydroxylation is 1. The predicted octanol–water partition coefficient (Wildman–Crippen LogP) is 4.93. The molecule has 4 aromatic rings. The highest BCUT2D eigenvalue weighted by Crippen LogP contribution is 2.30. The van der Waals surface area contributed by atoms with E-state index in [2.05, 4.69) is 4.74 Å². The zero-order valence-electron chi connectivity index (χ0n) is 16.4. The quantitative estimate of drug-likeness (QED) is 0.457. The Morgan fingerprint density at radius 2 is 1.58 bits per heavy atom. The van der Waals surface area contributed by atoms with Gasteiger partial charge in [-0.05, 0) is 53.9 Å². The largest absolute Gasteiger partial charge is 0.573 e. The minimum absolute atomic E-state index is 0.0571. The van der Waals surface area contributed by atoms with Gasteiger partial charge in [-0.2, -0.15) is 0 Å². The first-order valence-corrected chi connectivity index (χ1v) is 9.46. The number of carbonyl (C=O) groups is 1. The standard InChI is InChI=1S/C24H18F3NO3/c1-15-2-4-16(5-3-15)14-28-21-11-8-18(12-19(21)13-22(28)23(29)30)17-6-9-20(10-7-17)31-24(25,26)27/h2-13H,14H2,1H3,(H,29,30)/p-1. The van der Waals surface area contributed by atoms with Crippen molar-refractivity contribution in [1.82, 2.24) is 4.57 Å². The predicted molar refractivity (Wildman–Crippen MR) is 109 cm³/mol. The van der Waals surface area contributed by atoms with Crippen LogP contribution in [0.3, 0.4) is 0 Å². The molecule has 0 saturated heterocycles. The average Bonchev–Trinajstić information content (AvgIpc) is 3.07. The summed E-state index contributed by atoms with van der Waals surface area (Å²) in [6.07, 6.45) is -4.75. The summed E-state index contributed by atoms with van der Waals surface area (Å²) in [6, 6.07) is 20.3. The van der Waals surface area contributed by atoms with Crippen LogP contribution in [-0.2, 0) is 6.54 Å². The number of carbonyl (C=O) groups excluding carboxylic acids is 1. The van der Waals surface area contributed by atoms with Crippen LogP contribution in [0.1, 0.15) is 21.6 Å². The third-order valence-electron chi connectivity index (χ3n) is 4.99. The van der Waals surface area contributed by atoms with Crippen LogP contribution in [0, 0.1) is 6.92 Å². The molecule has 0 aliphatic heterocycles. The second-order valence-corrected chi connectivity index (χ2v) is 7.23. The second-order valence-electron chi connectivity index (χ2n) is 7.23. The fraction of sp³-hybridized carbons (Fsp3) is 0.125. The highest BCUT2D eigenvalue weighted by molar-refractivity contribution is 5.95. The Labute approximate surface area is 176 Å². The summed E-state index contributed by atoms with van der Waals surface area (Å²) in [5.74, 6) is -1.58. The molecule has 0 aliphatic carbocycles. The molecular weight excluding hydrogens is 407 g/mol. The molecule has 0 N–H and O–H groups in total. The van der Waals surface area contributed by atoms with E-state index in [1.807, 2.05) is 31.2 Å². The molecule has 1 heterocycles. The molecule has 0 fully saturated rings. The summed E-state index contributed by atoms with van der Waals surface area (Å²) in [6.45, 7) is 2.35. The number of aromatic nitrogens is 1. The van der Waals surface area contributed by atoms with Crippen molar-refractivity contribution in [2.75, 3.05) is 0 Å². The molecule has 158 valence electrons. The molecule has 31 heavy (non-hydrogen) atoms. The molecule has 0 unspecified atom stereocenters. The van der Waals surface area contributed by atoms with E-state index < -0.39 is 12.3 Å². The Kier molecular flexibility index (Phi) is 5.19. The number of hydrogen-bond acceptors (Lipinski definition) is 3. The Balaban J connectivity index is 1.69. The number of benzene rings is 3. The summed E-state index contributed by atoms with van der Waals surface area (Å²) >= 11 is 0. The Bertz CT molecular complexity index is 1240. The summed E-state index contributed by atoms with van der Waals surface area (Å²) < 4.78 is 42.6. The summed E-state index contributed by atoms with van der Waals surface area (Å²) in [7, 11) is 0. The maximum Gasteiger partial charge on any atom is 0.573 e. The first-order valence-electron chi connectivity index (χ1n) is 9.46. The zero-order chi connectivity index (χ0) is 22.2. The molecule has 0 aliphatic rings. The van der Waals surface area contributed by atoms with Crippen LogP contribution < -0.4 is 9.84 Å². The number of carboxylic acid groups (broad SMARTS) is 1.